The average molecular weight is 109 g/mol. The maximum absolute atomic E-state index is 7.92. The summed E-state index contributed by atoms with van der Waals surface area (Å²) < 4.78 is 4.70. The van der Waals surface area contributed by atoms with E-state index in [2.05, 4.69) is 6.58 Å². The van der Waals surface area contributed by atoms with Gasteiger partial charge in [0.25, 0.3) is 0 Å². The molecule has 0 heterocycles. The Hall–Kier alpha value is -1.23. The summed E-state index contributed by atoms with van der Waals surface area (Å²) in [6.07, 6.45) is 4.22. The predicted octanol–water partition coefficient (Wildman–Crippen LogP) is 1.23. The zero-order valence-corrected chi connectivity index (χ0v) is 4.50. The number of nitriles is 1. The SMILES string of the molecule is C=CCO/C=C/C#N. The predicted molar refractivity (Wildman–Crippen MR) is 30.9 cm³/mol. The molecule has 8 heavy (non-hydrogen) atoms. The van der Waals surface area contributed by atoms with E-state index in [0.29, 0.717) is 6.61 Å². The van der Waals surface area contributed by atoms with Crippen LogP contribution in [0.2, 0.25) is 0 Å². The van der Waals surface area contributed by atoms with Gasteiger partial charge in [0, 0.05) is 0 Å². The molecular formula is C6H7NO. The largest absolute Gasteiger partial charge is 0.496 e. The van der Waals surface area contributed by atoms with Gasteiger partial charge in [-0.2, -0.15) is 5.26 Å². The standard InChI is InChI=1S/C6H7NO/c1-2-5-8-6-3-4-7/h2-3,6H,1,5H2/b6-3+. The highest BCUT2D eigenvalue weighted by Crippen LogP contribution is 1.75. The Bertz CT molecular complexity index is 121. The molecule has 0 radical (unpaired) electrons. The summed E-state index contributed by atoms with van der Waals surface area (Å²) >= 11 is 0. The molecule has 0 spiro atoms. The quantitative estimate of drug-likeness (QED) is 0.236. The molecule has 0 fully saturated rings. The minimum absolute atomic E-state index is 0.457. The molecule has 0 N–H and O–H groups in total. The third-order valence-electron chi connectivity index (χ3n) is 0.453. The van der Waals surface area contributed by atoms with Crippen LogP contribution in [0.4, 0.5) is 0 Å². The second-order valence-electron chi connectivity index (χ2n) is 1.05. The van der Waals surface area contributed by atoms with Gasteiger partial charge in [-0.25, -0.2) is 0 Å². The van der Waals surface area contributed by atoms with E-state index in [-0.39, 0.29) is 0 Å². The van der Waals surface area contributed by atoms with Crippen LogP contribution in [0.15, 0.2) is 25.0 Å². The Balaban J connectivity index is 3.06. The Morgan fingerprint density at radius 3 is 3.00 bits per heavy atom. The molecule has 2 heteroatoms. The van der Waals surface area contributed by atoms with Crippen molar-refractivity contribution in [3.63, 3.8) is 0 Å². The summed E-state index contributed by atoms with van der Waals surface area (Å²) in [5.41, 5.74) is 0. The molecular weight excluding hydrogens is 102 g/mol. The molecule has 0 aliphatic carbocycles. The average Bonchev–Trinajstić information content (AvgIpc) is 1.81. The Kier molecular flexibility index (Phi) is 4.88. The van der Waals surface area contributed by atoms with Gasteiger partial charge in [0.1, 0.15) is 6.61 Å². The van der Waals surface area contributed by atoms with Gasteiger partial charge in [0.2, 0.25) is 0 Å². The van der Waals surface area contributed by atoms with Crippen LogP contribution in [0.25, 0.3) is 0 Å². The summed E-state index contributed by atoms with van der Waals surface area (Å²) in [4.78, 5) is 0. The molecule has 0 aromatic rings. The summed E-state index contributed by atoms with van der Waals surface area (Å²) in [5.74, 6) is 0. The third-order valence-corrected chi connectivity index (χ3v) is 0.453. The molecule has 42 valence electrons. The van der Waals surface area contributed by atoms with Crippen LogP contribution in [0.5, 0.6) is 0 Å². The zero-order valence-electron chi connectivity index (χ0n) is 4.50. The lowest BCUT2D eigenvalue weighted by Crippen LogP contribution is -1.76. The van der Waals surface area contributed by atoms with E-state index in [4.69, 9.17) is 10.00 Å². The van der Waals surface area contributed by atoms with Crippen molar-refractivity contribution in [1.29, 1.82) is 5.26 Å². The molecule has 0 aliphatic heterocycles. The minimum atomic E-state index is 0.457. The summed E-state index contributed by atoms with van der Waals surface area (Å²) in [6.45, 7) is 3.87. The van der Waals surface area contributed by atoms with E-state index in [1.807, 2.05) is 0 Å². The van der Waals surface area contributed by atoms with Crippen molar-refractivity contribution in [2.75, 3.05) is 6.61 Å². The van der Waals surface area contributed by atoms with Gasteiger partial charge < -0.3 is 4.74 Å². The van der Waals surface area contributed by atoms with E-state index >= 15 is 0 Å². The van der Waals surface area contributed by atoms with E-state index < -0.39 is 0 Å². The maximum Gasteiger partial charge on any atom is 0.105 e. The number of hydrogen-bond acceptors (Lipinski definition) is 2. The van der Waals surface area contributed by atoms with Crippen molar-refractivity contribution in [2.24, 2.45) is 0 Å². The summed E-state index contributed by atoms with van der Waals surface area (Å²) in [5, 5.41) is 7.92. The fourth-order valence-corrected chi connectivity index (χ4v) is 0.202. The molecule has 0 amide bonds. The van der Waals surface area contributed by atoms with Gasteiger partial charge in [0.15, 0.2) is 0 Å². The van der Waals surface area contributed by atoms with Crippen molar-refractivity contribution in [1.82, 2.24) is 0 Å². The highest BCUT2D eigenvalue weighted by molar-refractivity contribution is 4.97. The first-order chi connectivity index (χ1) is 3.91. The van der Waals surface area contributed by atoms with Gasteiger partial charge >= 0.3 is 0 Å². The van der Waals surface area contributed by atoms with Gasteiger partial charge in [-0.15, -0.1) is 0 Å². The molecule has 2 nitrogen and oxygen atoms in total. The molecule has 0 bridgehead atoms. The van der Waals surface area contributed by atoms with E-state index in [0.717, 1.165) is 0 Å². The molecule has 0 atom stereocenters. The smallest absolute Gasteiger partial charge is 0.105 e. The Labute approximate surface area is 48.7 Å². The molecule has 0 rings (SSSR count). The van der Waals surface area contributed by atoms with E-state index in [1.165, 1.54) is 12.3 Å². The van der Waals surface area contributed by atoms with Crippen molar-refractivity contribution >= 4 is 0 Å². The van der Waals surface area contributed by atoms with E-state index in [9.17, 15) is 0 Å². The van der Waals surface area contributed by atoms with Gasteiger partial charge in [-0.3, -0.25) is 0 Å². The fourth-order valence-electron chi connectivity index (χ4n) is 0.202. The second kappa shape index (κ2) is 5.77. The first-order valence-corrected chi connectivity index (χ1v) is 2.19. The molecule has 0 aromatic carbocycles. The van der Waals surface area contributed by atoms with Gasteiger partial charge in [-0.1, -0.05) is 12.7 Å². The number of rotatable bonds is 3. The first kappa shape index (κ1) is 6.77. The van der Waals surface area contributed by atoms with Gasteiger partial charge in [-0.05, 0) is 0 Å². The normalized spacial score (nSPS) is 8.38. The van der Waals surface area contributed by atoms with Crippen LogP contribution in [-0.4, -0.2) is 6.61 Å². The minimum Gasteiger partial charge on any atom is -0.496 e. The molecule has 0 saturated heterocycles. The van der Waals surface area contributed by atoms with Crippen LogP contribution in [-0.2, 0) is 4.74 Å². The molecule has 0 saturated carbocycles. The van der Waals surface area contributed by atoms with Crippen LogP contribution in [0.1, 0.15) is 0 Å². The molecule has 0 aromatic heterocycles. The van der Waals surface area contributed by atoms with Crippen LogP contribution >= 0.6 is 0 Å². The highest BCUT2D eigenvalue weighted by Gasteiger charge is 1.67. The van der Waals surface area contributed by atoms with Crippen molar-refractivity contribution in [3.8, 4) is 6.07 Å². The topological polar surface area (TPSA) is 33.0 Å². The van der Waals surface area contributed by atoms with Crippen molar-refractivity contribution < 1.29 is 4.74 Å². The second-order valence-corrected chi connectivity index (χ2v) is 1.05. The van der Waals surface area contributed by atoms with Crippen molar-refractivity contribution in [3.05, 3.63) is 25.0 Å². The molecule has 0 aliphatic rings. The summed E-state index contributed by atoms with van der Waals surface area (Å²) in [7, 11) is 0. The number of nitrogens with zero attached hydrogens (tertiary/aromatic N) is 1. The van der Waals surface area contributed by atoms with Crippen LogP contribution in [0.3, 0.4) is 0 Å². The lowest BCUT2D eigenvalue weighted by atomic mass is 10.7. The van der Waals surface area contributed by atoms with Gasteiger partial charge in [0.05, 0.1) is 18.4 Å². The highest BCUT2D eigenvalue weighted by atomic mass is 16.5. The number of hydrogen-bond donors (Lipinski definition) is 0. The Morgan fingerprint density at radius 1 is 1.75 bits per heavy atom. The lowest BCUT2D eigenvalue weighted by molar-refractivity contribution is 0.290. The van der Waals surface area contributed by atoms with Crippen molar-refractivity contribution in [2.45, 2.75) is 0 Å². The number of allylic oxidation sites excluding steroid dienone is 1. The monoisotopic (exact) mass is 109 g/mol. The zero-order chi connectivity index (χ0) is 6.24. The first-order valence-electron chi connectivity index (χ1n) is 2.19. The Morgan fingerprint density at radius 2 is 2.50 bits per heavy atom. The van der Waals surface area contributed by atoms with E-state index in [1.54, 1.807) is 12.1 Å². The molecule has 0 unspecified atom stereocenters. The number of ether oxygens (including phenoxy) is 1. The lowest BCUT2D eigenvalue weighted by Gasteiger charge is -1.87. The maximum atomic E-state index is 7.92. The summed E-state index contributed by atoms with van der Waals surface area (Å²) in [6, 6.07) is 1.79. The fraction of sp³-hybridized carbons (Fsp3) is 0.167. The van der Waals surface area contributed by atoms with Crippen LogP contribution in [0, 0.1) is 11.3 Å². The van der Waals surface area contributed by atoms with Crippen LogP contribution < -0.4 is 0 Å². The third kappa shape index (κ3) is 4.77.